The van der Waals surface area contributed by atoms with Gasteiger partial charge >= 0.3 is 0 Å². The summed E-state index contributed by atoms with van der Waals surface area (Å²) in [5.41, 5.74) is 0.852. The van der Waals surface area contributed by atoms with Gasteiger partial charge in [-0.2, -0.15) is 0 Å². The number of piperidine rings is 1. The largest absolute Gasteiger partial charge is 0.387 e. The number of ether oxygens (including phenoxy) is 2. The minimum Gasteiger partial charge on any atom is -0.387 e. The average Bonchev–Trinajstić information content (AvgIpc) is 2.87. The van der Waals surface area contributed by atoms with Crippen LogP contribution in [0.1, 0.15) is 24.5 Å². The van der Waals surface area contributed by atoms with Gasteiger partial charge < -0.3 is 14.6 Å². The number of likely N-dealkylation sites (tertiary alicyclic amines) is 1. The fourth-order valence-electron chi connectivity index (χ4n) is 3.02. The van der Waals surface area contributed by atoms with E-state index in [-0.39, 0.29) is 0 Å². The summed E-state index contributed by atoms with van der Waals surface area (Å²) < 4.78 is 11.5. The van der Waals surface area contributed by atoms with Crippen molar-refractivity contribution in [3.05, 3.63) is 34.9 Å². The zero-order valence-corrected chi connectivity index (χ0v) is 12.2. The average molecular weight is 298 g/mol. The first-order chi connectivity index (χ1) is 9.67. The SMILES string of the molecule is OC(CN1CCCC2(C1)OCCO2)c1cccc(Cl)c1. The van der Waals surface area contributed by atoms with Gasteiger partial charge in [0.2, 0.25) is 0 Å². The molecule has 1 unspecified atom stereocenters. The topological polar surface area (TPSA) is 41.9 Å². The second-order valence-corrected chi connectivity index (χ2v) is 5.95. The zero-order chi connectivity index (χ0) is 14.0. The van der Waals surface area contributed by atoms with Gasteiger partial charge in [-0.25, -0.2) is 0 Å². The number of aliphatic hydroxyl groups excluding tert-OH is 1. The molecule has 1 N–H and O–H groups in total. The summed E-state index contributed by atoms with van der Waals surface area (Å²) in [4.78, 5) is 2.21. The quantitative estimate of drug-likeness (QED) is 0.929. The number of nitrogens with zero attached hydrogens (tertiary/aromatic N) is 1. The molecule has 0 bridgehead atoms. The van der Waals surface area contributed by atoms with Crippen molar-refractivity contribution in [2.45, 2.75) is 24.7 Å². The molecule has 0 amide bonds. The highest BCUT2D eigenvalue weighted by atomic mass is 35.5. The van der Waals surface area contributed by atoms with E-state index in [0.717, 1.165) is 31.5 Å². The van der Waals surface area contributed by atoms with Crippen LogP contribution in [-0.4, -0.2) is 48.6 Å². The maximum Gasteiger partial charge on any atom is 0.181 e. The van der Waals surface area contributed by atoms with E-state index < -0.39 is 11.9 Å². The standard InChI is InChI=1S/C15H20ClNO3/c16-13-4-1-3-12(9-13)14(18)10-17-6-2-5-15(11-17)19-7-8-20-15/h1,3-4,9,14,18H,2,5-8,10-11H2. The van der Waals surface area contributed by atoms with Crippen molar-refractivity contribution in [1.82, 2.24) is 4.90 Å². The van der Waals surface area contributed by atoms with Gasteiger partial charge in [-0.3, -0.25) is 4.90 Å². The first kappa shape index (κ1) is 14.3. The summed E-state index contributed by atoms with van der Waals surface area (Å²) in [5, 5.41) is 11.0. The van der Waals surface area contributed by atoms with Gasteiger partial charge in [-0.15, -0.1) is 0 Å². The summed E-state index contributed by atoms with van der Waals surface area (Å²) in [6, 6.07) is 7.39. The van der Waals surface area contributed by atoms with Gasteiger partial charge in [-0.1, -0.05) is 23.7 Å². The van der Waals surface area contributed by atoms with Crippen LogP contribution in [0.15, 0.2) is 24.3 Å². The Morgan fingerprint density at radius 3 is 2.90 bits per heavy atom. The van der Waals surface area contributed by atoms with E-state index in [4.69, 9.17) is 21.1 Å². The molecule has 2 heterocycles. The predicted molar refractivity (Wildman–Crippen MR) is 76.7 cm³/mol. The molecular formula is C15H20ClNO3. The lowest BCUT2D eigenvalue weighted by atomic mass is 10.0. The van der Waals surface area contributed by atoms with Gasteiger partial charge in [0.25, 0.3) is 0 Å². The van der Waals surface area contributed by atoms with Crippen molar-refractivity contribution < 1.29 is 14.6 Å². The Labute approximate surface area is 124 Å². The highest BCUT2D eigenvalue weighted by molar-refractivity contribution is 6.30. The molecule has 2 saturated heterocycles. The number of hydrogen-bond donors (Lipinski definition) is 1. The molecule has 20 heavy (non-hydrogen) atoms. The number of hydrogen-bond acceptors (Lipinski definition) is 4. The van der Waals surface area contributed by atoms with Gasteiger partial charge in [0.1, 0.15) is 0 Å². The molecule has 0 aliphatic carbocycles. The van der Waals surface area contributed by atoms with Crippen LogP contribution in [0.25, 0.3) is 0 Å². The third kappa shape index (κ3) is 3.15. The number of β-amino-alcohol motifs (C(OH)–C–C–N with tert-alkyl or cyclic N) is 1. The van der Waals surface area contributed by atoms with Crippen molar-refractivity contribution in [3.8, 4) is 0 Å². The van der Waals surface area contributed by atoms with Crippen molar-refractivity contribution in [3.63, 3.8) is 0 Å². The first-order valence-electron chi connectivity index (χ1n) is 7.11. The van der Waals surface area contributed by atoms with Gasteiger partial charge in [0.05, 0.1) is 25.9 Å². The van der Waals surface area contributed by atoms with E-state index in [1.165, 1.54) is 0 Å². The molecule has 2 aliphatic heterocycles. The first-order valence-corrected chi connectivity index (χ1v) is 7.48. The van der Waals surface area contributed by atoms with E-state index in [1.807, 2.05) is 24.3 Å². The van der Waals surface area contributed by atoms with Crippen LogP contribution in [-0.2, 0) is 9.47 Å². The Morgan fingerprint density at radius 1 is 1.35 bits per heavy atom. The van der Waals surface area contributed by atoms with Crippen molar-refractivity contribution in [2.75, 3.05) is 32.8 Å². The van der Waals surface area contributed by atoms with Crippen LogP contribution in [0, 0.1) is 0 Å². The molecule has 0 radical (unpaired) electrons. The van der Waals surface area contributed by atoms with Crippen LogP contribution >= 0.6 is 11.6 Å². The third-order valence-electron chi connectivity index (χ3n) is 3.97. The van der Waals surface area contributed by atoms with E-state index in [1.54, 1.807) is 0 Å². The Morgan fingerprint density at radius 2 is 2.15 bits per heavy atom. The minimum atomic E-state index is -0.537. The van der Waals surface area contributed by atoms with Crippen LogP contribution in [0.3, 0.4) is 0 Å². The molecule has 1 aromatic carbocycles. The maximum absolute atomic E-state index is 10.3. The van der Waals surface area contributed by atoms with Crippen LogP contribution < -0.4 is 0 Å². The number of aliphatic hydroxyl groups is 1. The fourth-order valence-corrected chi connectivity index (χ4v) is 3.22. The molecule has 0 aromatic heterocycles. The lowest BCUT2D eigenvalue weighted by Gasteiger charge is -2.39. The molecule has 5 heteroatoms. The summed E-state index contributed by atoms with van der Waals surface area (Å²) in [7, 11) is 0. The second kappa shape index (κ2) is 6.00. The van der Waals surface area contributed by atoms with E-state index in [0.29, 0.717) is 24.8 Å². The lowest BCUT2D eigenvalue weighted by molar-refractivity contribution is -0.191. The van der Waals surface area contributed by atoms with Crippen molar-refractivity contribution >= 4 is 11.6 Å². The van der Waals surface area contributed by atoms with Crippen molar-refractivity contribution in [2.24, 2.45) is 0 Å². The van der Waals surface area contributed by atoms with Gasteiger partial charge in [-0.05, 0) is 30.7 Å². The van der Waals surface area contributed by atoms with Crippen LogP contribution in [0.5, 0.6) is 0 Å². The van der Waals surface area contributed by atoms with Crippen molar-refractivity contribution in [1.29, 1.82) is 0 Å². The van der Waals surface area contributed by atoms with E-state index >= 15 is 0 Å². The molecule has 2 fully saturated rings. The maximum atomic E-state index is 10.3. The highest BCUT2D eigenvalue weighted by Crippen LogP contribution is 2.31. The smallest absolute Gasteiger partial charge is 0.181 e. The van der Waals surface area contributed by atoms with E-state index in [2.05, 4.69) is 4.90 Å². The molecule has 1 spiro atoms. The normalized spacial score (nSPS) is 24.1. The summed E-state index contributed by atoms with van der Waals surface area (Å²) in [6.07, 6.45) is 1.43. The van der Waals surface area contributed by atoms with E-state index in [9.17, 15) is 5.11 Å². The monoisotopic (exact) mass is 297 g/mol. The predicted octanol–water partition coefficient (Wildman–Crippen LogP) is 2.21. The van der Waals surface area contributed by atoms with Gasteiger partial charge in [0, 0.05) is 18.0 Å². The highest BCUT2D eigenvalue weighted by Gasteiger charge is 2.40. The molecular weight excluding hydrogens is 278 g/mol. The molecule has 1 atom stereocenters. The minimum absolute atomic E-state index is 0.438. The van der Waals surface area contributed by atoms with Crippen LogP contribution in [0.4, 0.5) is 0 Å². The Balaban J connectivity index is 1.62. The summed E-state index contributed by atoms with van der Waals surface area (Å²) in [5.74, 6) is -0.438. The second-order valence-electron chi connectivity index (χ2n) is 5.52. The third-order valence-corrected chi connectivity index (χ3v) is 4.21. The zero-order valence-electron chi connectivity index (χ0n) is 11.4. The summed E-state index contributed by atoms with van der Waals surface area (Å²) in [6.45, 7) is 3.61. The van der Waals surface area contributed by atoms with Crippen LogP contribution in [0.2, 0.25) is 5.02 Å². The summed E-state index contributed by atoms with van der Waals surface area (Å²) >= 11 is 5.97. The fraction of sp³-hybridized carbons (Fsp3) is 0.600. The number of benzene rings is 1. The molecule has 0 saturated carbocycles. The number of halogens is 1. The lowest BCUT2D eigenvalue weighted by Crippen LogP contribution is -2.49. The van der Waals surface area contributed by atoms with Gasteiger partial charge in [0.15, 0.2) is 5.79 Å². The molecule has 4 nitrogen and oxygen atoms in total. The molecule has 110 valence electrons. The number of rotatable bonds is 3. The Kier molecular flexibility index (Phi) is 4.29. The Hall–Kier alpha value is -0.650. The molecule has 2 aliphatic rings. The molecule has 3 rings (SSSR count). The Bertz CT molecular complexity index is 462. The molecule has 1 aromatic rings.